The third kappa shape index (κ3) is 3.52. The van der Waals surface area contributed by atoms with E-state index in [1.807, 2.05) is 36.0 Å². The summed E-state index contributed by atoms with van der Waals surface area (Å²) in [6.07, 6.45) is 2.95. The van der Waals surface area contributed by atoms with E-state index in [4.69, 9.17) is 0 Å². The van der Waals surface area contributed by atoms with Crippen LogP contribution in [0.15, 0.2) is 18.3 Å². The predicted octanol–water partition coefficient (Wildman–Crippen LogP) is 0.376. The lowest BCUT2D eigenvalue weighted by molar-refractivity contribution is -0.136. The Labute approximate surface area is 137 Å². The van der Waals surface area contributed by atoms with E-state index in [-0.39, 0.29) is 17.7 Å². The Morgan fingerprint density at radius 1 is 1.43 bits per heavy atom. The summed E-state index contributed by atoms with van der Waals surface area (Å²) in [6, 6.07) is 3.94. The van der Waals surface area contributed by atoms with Crippen LogP contribution in [-0.2, 0) is 22.6 Å². The van der Waals surface area contributed by atoms with Crippen LogP contribution < -0.4 is 0 Å². The van der Waals surface area contributed by atoms with Crippen molar-refractivity contribution in [3.8, 4) is 0 Å². The van der Waals surface area contributed by atoms with Crippen molar-refractivity contribution >= 4 is 11.8 Å². The fraction of sp³-hybridized carbons (Fsp3) is 0.588. The SMILES string of the molecule is CN(C)CCN1C[C@@H](C(=O)N2CCc3ncccc3C2)CC1=O. The number of likely N-dealkylation sites (N-methyl/N-ethyl adjacent to an activating group) is 1. The lowest BCUT2D eigenvalue weighted by Crippen LogP contribution is -2.41. The molecule has 6 nitrogen and oxygen atoms in total. The molecule has 0 N–H and O–H groups in total. The van der Waals surface area contributed by atoms with E-state index in [0.29, 0.717) is 32.6 Å². The number of pyridine rings is 1. The summed E-state index contributed by atoms with van der Waals surface area (Å²) in [5.74, 6) is 0.0207. The standard InChI is InChI=1S/C17H24N4O2/c1-19(2)8-9-20-12-14(10-16(20)22)17(23)21-7-5-15-13(11-21)4-3-6-18-15/h3-4,6,14H,5,7-12H2,1-2H3/t14-/m0/s1. The maximum atomic E-state index is 12.8. The molecule has 124 valence electrons. The van der Waals surface area contributed by atoms with Crippen LogP contribution in [0.25, 0.3) is 0 Å². The molecule has 0 unspecified atom stereocenters. The molecule has 3 heterocycles. The molecule has 0 spiro atoms. The van der Waals surface area contributed by atoms with Crippen molar-refractivity contribution in [3.63, 3.8) is 0 Å². The number of aromatic nitrogens is 1. The van der Waals surface area contributed by atoms with Gasteiger partial charge in [0.1, 0.15) is 0 Å². The molecule has 0 saturated carbocycles. The molecule has 1 aromatic rings. The molecule has 3 rings (SSSR count). The van der Waals surface area contributed by atoms with Gasteiger partial charge in [-0.2, -0.15) is 0 Å². The Morgan fingerprint density at radius 2 is 2.26 bits per heavy atom. The van der Waals surface area contributed by atoms with E-state index < -0.39 is 0 Å². The zero-order chi connectivity index (χ0) is 16.4. The number of amides is 2. The van der Waals surface area contributed by atoms with E-state index >= 15 is 0 Å². The van der Waals surface area contributed by atoms with Crippen LogP contribution >= 0.6 is 0 Å². The average Bonchev–Trinajstić information content (AvgIpc) is 2.92. The van der Waals surface area contributed by atoms with E-state index in [1.165, 1.54) is 0 Å². The summed E-state index contributed by atoms with van der Waals surface area (Å²) in [5, 5.41) is 0. The Bertz CT molecular complexity index is 602. The first-order valence-corrected chi connectivity index (χ1v) is 8.18. The van der Waals surface area contributed by atoms with Crippen molar-refractivity contribution in [2.75, 3.05) is 40.3 Å². The summed E-state index contributed by atoms with van der Waals surface area (Å²) in [4.78, 5) is 35.0. The van der Waals surface area contributed by atoms with Crippen LogP contribution in [0.3, 0.4) is 0 Å². The number of rotatable bonds is 4. The second kappa shape index (κ2) is 6.66. The van der Waals surface area contributed by atoms with Gasteiger partial charge < -0.3 is 14.7 Å². The van der Waals surface area contributed by atoms with Crippen LogP contribution in [0, 0.1) is 5.92 Å². The second-order valence-corrected chi connectivity index (χ2v) is 6.66. The van der Waals surface area contributed by atoms with Gasteiger partial charge in [0.15, 0.2) is 0 Å². The second-order valence-electron chi connectivity index (χ2n) is 6.66. The lowest BCUT2D eigenvalue weighted by atomic mass is 10.0. The number of likely N-dealkylation sites (tertiary alicyclic amines) is 1. The van der Waals surface area contributed by atoms with Gasteiger partial charge in [0.2, 0.25) is 11.8 Å². The van der Waals surface area contributed by atoms with E-state index in [2.05, 4.69) is 9.88 Å². The van der Waals surface area contributed by atoms with Crippen molar-refractivity contribution in [3.05, 3.63) is 29.6 Å². The van der Waals surface area contributed by atoms with Gasteiger partial charge in [-0.25, -0.2) is 0 Å². The molecule has 1 aromatic heterocycles. The molecule has 0 radical (unpaired) electrons. The monoisotopic (exact) mass is 316 g/mol. The van der Waals surface area contributed by atoms with E-state index in [1.54, 1.807) is 6.20 Å². The lowest BCUT2D eigenvalue weighted by Gasteiger charge is -2.30. The average molecular weight is 316 g/mol. The molecule has 2 amide bonds. The number of carbonyl (C=O) groups excluding carboxylic acids is 2. The minimum atomic E-state index is -0.192. The highest BCUT2D eigenvalue weighted by Crippen LogP contribution is 2.23. The quantitative estimate of drug-likeness (QED) is 0.806. The van der Waals surface area contributed by atoms with Crippen LogP contribution in [-0.4, -0.2) is 71.8 Å². The molecule has 0 aromatic carbocycles. The third-order valence-electron chi connectivity index (χ3n) is 4.66. The van der Waals surface area contributed by atoms with E-state index in [9.17, 15) is 9.59 Å². The highest BCUT2D eigenvalue weighted by Gasteiger charge is 2.37. The van der Waals surface area contributed by atoms with Gasteiger partial charge in [0.05, 0.1) is 5.92 Å². The normalized spacial score (nSPS) is 21.0. The number of fused-ring (bicyclic) bond motifs is 1. The molecule has 23 heavy (non-hydrogen) atoms. The molecule has 1 atom stereocenters. The molecule has 6 heteroatoms. The van der Waals surface area contributed by atoms with Gasteiger partial charge in [-0.15, -0.1) is 0 Å². The van der Waals surface area contributed by atoms with Gasteiger partial charge >= 0.3 is 0 Å². The fourth-order valence-corrected chi connectivity index (χ4v) is 3.29. The first-order chi connectivity index (χ1) is 11.0. The Hall–Kier alpha value is -1.95. The summed E-state index contributed by atoms with van der Waals surface area (Å²) < 4.78 is 0. The summed E-state index contributed by atoms with van der Waals surface area (Å²) >= 11 is 0. The number of nitrogens with zero attached hydrogens (tertiary/aromatic N) is 4. The molecule has 0 aliphatic carbocycles. The summed E-state index contributed by atoms with van der Waals surface area (Å²) in [6.45, 7) is 3.40. The Kier molecular flexibility index (Phi) is 4.61. The minimum Gasteiger partial charge on any atom is -0.341 e. The molecule has 0 bridgehead atoms. The van der Waals surface area contributed by atoms with Gasteiger partial charge in [-0.1, -0.05) is 6.07 Å². The minimum absolute atomic E-state index is 0.101. The van der Waals surface area contributed by atoms with Crippen LogP contribution in [0.1, 0.15) is 17.7 Å². The highest BCUT2D eigenvalue weighted by atomic mass is 16.2. The Balaban J connectivity index is 1.60. The fourth-order valence-electron chi connectivity index (χ4n) is 3.29. The highest BCUT2D eigenvalue weighted by molar-refractivity contribution is 5.89. The van der Waals surface area contributed by atoms with Gasteiger partial charge in [0.25, 0.3) is 0 Å². The van der Waals surface area contributed by atoms with Crippen molar-refractivity contribution in [1.29, 1.82) is 0 Å². The Morgan fingerprint density at radius 3 is 3.04 bits per heavy atom. The molecule has 2 aliphatic heterocycles. The number of hydrogen-bond donors (Lipinski definition) is 0. The first kappa shape index (κ1) is 15.9. The first-order valence-electron chi connectivity index (χ1n) is 8.18. The maximum Gasteiger partial charge on any atom is 0.228 e. The molecular formula is C17H24N4O2. The van der Waals surface area contributed by atoms with Crippen molar-refractivity contribution in [2.45, 2.75) is 19.4 Å². The maximum absolute atomic E-state index is 12.8. The van der Waals surface area contributed by atoms with Gasteiger partial charge in [-0.05, 0) is 25.7 Å². The van der Waals surface area contributed by atoms with Crippen molar-refractivity contribution < 1.29 is 9.59 Å². The van der Waals surface area contributed by atoms with Crippen LogP contribution in [0.5, 0.6) is 0 Å². The zero-order valence-corrected chi connectivity index (χ0v) is 13.9. The molecule has 2 aliphatic rings. The number of hydrogen-bond acceptors (Lipinski definition) is 4. The molecule has 1 saturated heterocycles. The molecular weight excluding hydrogens is 292 g/mol. The third-order valence-corrected chi connectivity index (χ3v) is 4.66. The van der Waals surface area contributed by atoms with Gasteiger partial charge in [0, 0.05) is 57.5 Å². The van der Waals surface area contributed by atoms with Crippen LogP contribution in [0.4, 0.5) is 0 Å². The smallest absolute Gasteiger partial charge is 0.228 e. The summed E-state index contributed by atoms with van der Waals surface area (Å²) in [5.41, 5.74) is 2.22. The zero-order valence-electron chi connectivity index (χ0n) is 13.9. The largest absolute Gasteiger partial charge is 0.341 e. The topological polar surface area (TPSA) is 56.8 Å². The number of carbonyl (C=O) groups is 2. The van der Waals surface area contributed by atoms with Crippen molar-refractivity contribution in [1.82, 2.24) is 19.7 Å². The van der Waals surface area contributed by atoms with E-state index in [0.717, 1.165) is 24.2 Å². The van der Waals surface area contributed by atoms with Gasteiger partial charge in [-0.3, -0.25) is 14.6 Å². The van der Waals surface area contributed by atoms with Crippen LogP contribution in [0.2, 0.25) is 0 Å². The van der Waals surface area contributed by atoms with Crippen molar-refractivity contribution in [2.24, 2.45) is 5.92 Å². The summed E-state index contributed by atoms with van der Waals surface area (Å²) in [7, 11) is 3.98. The molecule has 1 fully saturated rings. The predicted molar refractivity (Wildman–Crippen MR) is 86.6 cm³/mol.